The minimum absolute atomic E-state index is 0.0687. The van der Waals surface area contributed by atoms with Gasteiger partial charge in [-0.15, -0.1) is 0 Å². The summed E-state index contributed by atoms with van der Waals surface area (Å²) >= 11 is 0. The van der Waals surface area contributed by atoms with E-state index in [1.165, 1.54) is 0 Å². The fraction of sp³-hybridized carbons (Fsp3) is 0.300. The van der Waals surface area contributed by atoms with Crippen molar-refractivity contribution in [2.45, 2.75) is 13.5 Å². The number of nitrogens with one attached hydrogen (secondary N) is 1. The number of aryl methyl sites for hydroxylation is 1. The average molecular weight is 192 g/mol. The van der Waals surface area contributed by atoms with E-state index in [0.717, 1.165) is 12.1 Å². The Morgan fingerprint density at radius 2 is 2.29 bits per heavy atom. The molecule has 14 heavy (non-hydrogen) atoms. The van der Waals surface area contributed by atoms with Crippen molar-refractivity contribution in [1.82, 2.24) is 9.78 Å². The Bertz CT molecular complexity index is 510. The summed E-state index contributed by atoms with van der Waals surface area (Å²) in [6.45, 7) is 2.74. The third kappa shape index (κ3) is 1.19. The van der Waals surface area contributed by atoms with Gasteiger partial charge in [-0.3, -0.25) is 14.6 Å². The van der Waals surface area contributed by atoms with Gasteiger partial charge in [-0.2, -0.15) is 0 Å². The lowest BCUT2D eigenvalue weighted by Gasteiger charge is -2.00. The second-order valence-electron chi connectivity index (χ2n) is 3.07. The highest BCUT2D eigenvalue weighted by atomic mass is 16.5. The monoisotopic (exact) mass is 192 g/mol. The molecule has 0 amide bonds. The molecule has 0 fully saturated rings. The number of hydrogen-bond acceptors (Lipinski definition) is 2. The van der Waals surface area contributed by atoms with E-state index < -0.39 is 0 Å². The van der Waals surface area contributed by atoms with Gasteiger partial charge in [0.2, 0.25) is 0 Å². The molecule has 2 aromatic rings. The minimum atomic E-state index is -0.0687. The van der Waals surface area contributed by atoms with Crippen LogP contribution in [0, 0.1) is 0 Å². The highest BCUT2D eigenvalue weighted by Gasteiger charge is 2.05. The molecule has 0 aliphatic heterocycles. The maximum atomic E-state index is 11.5. The van der Waals surface area contributed by atoms with E-state index in [9.17, 15) is 4.79 Å². The second kappa shape index (κ2) is 3.21. The summed E-state index contributed by atoms with van der Waals surface area (Å²) in [6.07, 6.45) is 0. The van der Waals surface area contributed by atoms with Crippen molar-refractivity contribution in [2.75, 3.05) is 7.11 Å². The largest absolute Gasteiger partial charge is 0.497 e. The predicted octanol–water partition coefficient (Wildman–Crippen LogP) is 1.36. The van der Waals surface area contributed by atoms with Crippen molar-refractivity contribution in [3.63, 3.8) is 0 Å². The average Bonchev–Trinajstić information content (AvgIpc) is 2.55. The van der Waals surface area contributed by atoms with Gasteiger partial charge in [0, 0.05) is 6.54 Å². The standard InChI is InChI=1S/C10H12N2O2/c1-3-12-9-5-4-7(14-2)6-8(9)10(13)11-12/h4-6H,3H2,1-2H3,(H,11,13). The van der Waals surface area contributed by atoms with E-state index in [2.05, 4.69) is 5.10 Å². The van der Waals surface area contributed by atoms with E-state index >= 15 is 0 Å². The van der Waals surface area contributed by atoms with Gasteiger partial charge in [-0.05, 0) is 25.1 Å². The summed E-state index contributed by atoms with van der Waals surface area (Å²) in [4.78, 5) is 11.5. The van der Waals surface area contributed by atoms with Crippen LogP contribution in [0.3, 0.4) is 0 Å². The SMILES string of the molecule is CCn1[nH]c(=O)c2cc(OC)ccc21. The molecule has 0 aliphatic carbocycles. The Kier molecular flexibility index (Phi) is 2.04. The zero-order valence-electron chi connectivity index (χ0n) is 8.20. The highest BCUT2D eigenvalue weighted by molar-refractivity contribution is 5.80. The van der Waals surface area contributed by atoms with E-state index in [1.807, 2.05) is 23.7 Å². The molecule has 0 saturated carbocycles. The van der Waals surface area contributed by atoms with Crippen LogP contribution < -0.4 is 10.3 Å². The molecule has 1 N–H and O–H groups in total. The fourth-order valence-electron chi connectivity index (χ4n) is 1.55. The molecule has 1 aromatic carbocycles. The molecular weight excluding hydrogens is 180 g/mol. The van der Waals surface area contributed by atoms with Crippen LogP contribution in [0.4, 0.5) is 0 Å². The quantitative estimate of drug-likeness (QED) is 0.780. The summed E-state index contributed by atoms with van der Waals surface area (Å²) in [7, 11) is 1.59. The van der Waals surface area contributed by atoms with E-state index in [1.54, 1.807) is 13.2 Å². The van der Waals surface area contributed by atoms with E-state index in [0.29, 0.717) is 11.1 Å². The van der Waals surface area contributed by atoms with Crippen molar-refractivity contribution in [2.24, 2.45) is 0 Å². The van der Waals surface area contributed by atoms with Crippen molar-refractivity contribution in [3.05, 3.63) is 28.6 Å². The van der Waals surface area contributed by atoms with Gasteiger partial charge >= 0.3 is 0 Å². The smallest absolute Gasteiger partial charge is 0.272 e. The first-order chi connectivity index (χ1) is 6.76. The summed E-state index contributed by atoms with van der Waals surface area (Å²) in [5.74, 6) is 0.705. The number of fused-ring (bicyclic) bond motifs is 1. The minimum Gasteiger partial charge on any atom is -0.497 e. The number of nitrogens with zero attached hydrogens (tertiary/aromatic N) is 1. The van der Waals surface area contributed by atoms with Gasteiger partial charge < -0.3 is 4.74 Å². The molecular formula is C10H12N2O2. The van der Waals surface area contributed by atoms with Crippen molar-refractivity contribution in [1.29, 1.82) is 0 Å². The van der Waals surface area contributed by atoms with Gasteiger partial charge in [0.15, 0.2) is 0 Å². The Hall–Kier alpha value is -1.71. The summed E-state index contributed by atoms with van der Waals surface area (Å²) in [5, 5.41) is 3.43. The van der Waals surface area contributed by atoms with Crippen molar-refractivity contribution in [3.8, 4) is 5.75 Å². The molecule has 0 atom stereocenters. The Morgan fingerprint density at radius 3 is 2.93 bits per heavy atom. The second-order valence-corrected chi connectivity index (χ2v) is 3.07. The van der Waals surface area contributed by atoms with Gasteiger partial charge in [-0.1, -0.05) is 0 Å². The van der Waals surface area contributed by atoms with Crippen LogP contribution >= 0.6 is 0 Å². The lowest BCUT2D eigenvalue weighted by atomic mass is 10.2. The van der Waals surface area contributed by atoms with Crippen LogP contribution in [-0.4, -0.2) is 16.9 Å². The molecule has 0 bridgehead atoms. The molecule has 4 heteroatoms. The van der Waals surface area contributed by atoms with Gasteiger partial charge in [0.1, 0.15) is 5.75 Å². The summed E-state index contributed by atoms with van der Waals surface area (Å²) in [5.41, 5.74) is 0.846. The molecule has 1 aromatic heterocycles. The number of rotatable bonds is 2. The Morgan fingerprint density at radius 1 is 1.50 bits per heavy atom. The third-order valence-electron chi connectivity index (χ3n) is 2.29. The number of methoxy groups -OCH3 is 1. The number of hydrogen-bond donors (Lipinski definition) is 1. The lowest BCUT2D eigenvalue weighted by molar-refractivity contribution is 0.415. The molecule has 74 valence electrons. The normalized spacial score (nSPS) is 10.7. The van der Waals surface area contributed by atoms with E-state index in [4.69, 9.17) is 4.74 Å². The van der Waals surface area contributed by atoms with Crippen molar-refractivity contribution < 1.29 is 4.74 Å². The molecule has 0 saturated heterocycles. The van der Waals surface area contributed by atoms with Crippen LogP contribution in [0.1, 0.15) is 6.92 Å². The Balaban J connectivity index is 2.77. The number of aromatic nitrogens is 2. The first-order valence-electron chi connectivity index (χ1n) is 4.53. The first kappa shape index (κ1) is 8.87. The zero-order valence-corrected chi connectivity index (χ0v) is 8.20. The molecule has 0 aliphatic rings. The van der Waals surface area contributed by atoms with Crippen LogP contribution in [0.2, 0.25) is 0 Å². The Labute approximate surface area is 81.1 Å². The van der Waals surface area contributed by atoms with Gasteiger partial charge in [-0.25, -0.2) is 0 Å². The predicted molar refractivity (Wildman–Crippen MR) is 54.8 cm³/mol. The summed E-state index contributed by atoms with van der Waals surface area (Å²) < 4.78 is 6.87. The first-order valence-corrected chi connectivity index (χ1v) is 4.53. The topological polar surface area (TPSA) is 47.0 Å². The number of aromatic amines is 1. The van der Waals surface area contributed by atoms with Crippen LogP contribution in [0.5, 0.6) is 5.75 Å². The van der Waals surface area contributed by atoms with Crippen LogP contribution in [0.25, 0.3) is 10.9 Å². The molecule has 0 radical (unpaired) electrons. The van der Waals surface area contributed by atoms with Crippen LogP contribution in [-0.2, 0) is 6.54 Å². The van der Waals surface area contributed by atoms with Gasteiger partial charge in [0.05, 0.1) is 18.0 Å². The molecule has 2 rings (SSSR count). The number of H-pyrrole nitrogens is 1. The fourth-order valence-corrected chi connectivity index (χ4v) is 1.55. The maximum absolute atomic E-state index is 11.5. The molecule has 4 nitrogen and oxygen atoms in total. The van der Waals surface area contributed by atoms with E-state index in [-0.39, 0.29) is 5.56 Å². The van der Waals surface area contributed by atoms with Crippen LogP contribution in [0.15, 0.2) is 23.0 Å². The molecule has 0 spiro atoms. The maximum Gasteiger partial charge on any atom is 0.272 e. The number of benzene rings is 1. The zero-order chi connectivity index (χ0) is 10.1. The number of ether oxygens (including phenoxy) is 1. The molecule has 0 unspecified atom stereocenters. The van der Waals surface area contributed by atoms with Crippen molar-refractivity contribution >= 4 is 10.9 Å². The lowest BCUT2D eigenvalue weighted by Crippen LogP contribution is -2.03. The van der Waals surface area contributed by atoms with Gasteiger partial charge in [0.25, 0.3) is 5.56 Å². The third-order valence-corrected chi connectivity index (χ3v) is 2.29. The summed E-state index contributed by atoms with van der Waals surface area (Å²) in [6, 6.07) is 5.48. The molecule has 1 heterocycles. The highest BCUT2D eigenvalue weighted by Crippen LogP contribution is 2.17.